The summed E-state index contributed by atoms with van der Waals surface area (Å²) in [4.78, 5) is 26.1. The molecule has 0 spiro atoms. The lowest BCUT2D eigenvalue weighted by Gasteiger charge is -2.29. The molecular formula is C20H23N3O3. The first-order chi connectivity index (χ1) is 12.7. The highest BCUT2D eigenvalue weighted by Crippen LogP contribution is 2.18. The van der Waals surface area contributed by atoms with Crippen molar-refractivity contribution in [2.75, 3.05) is 20.2 Å². The standard InChI is InChI=1S/C20H23N3O3/c1-26-18-9-5-4-7-16(18)12-21-20(25)22-13-19(24)23-11-10-15-6-2-3-8-17(15)14-23/h2-9H,10-14H2,1H3,(H2,21,22,25). The van der Waals surface area contributed by atoms with Gasteiger partial charge in [-0.05, 0) is 23.6 Å². The summed E-state index contributed by atoms with van der Waals surface area (Å²) in [5, 5.41) is 5.38. The quantitative estimate of drug-likeness (QED) is 0.865. The maximum atomic E-state index is 12.4. The Labute approximate surface area is 153 Å². The van der Waals surface area contributed by atoms with Gasteiger partial charge in [0.1, 0.15) is 5.75 Å². The van der Waals surface area contributed by atoms with Crippen LogP contribution in [0.4, 0.5) is 4.79 Å². The van der Waals surface area contributed by atoms with Crippen molar-refractivity contribution in [3.63, 3.8) is 0 Å². The zero-order valence-corrected chi connectivity index (χ0v) is 14.8. The summed E-state index contributed by atoms with van der Waals surface area (Å²) in [5.41, 5.74) is 3.34. The lowest BCUT2D eigenvalue weighted by molar-refractivity contribution is -0.130. The fraction of sp³-hybridized carbons (Fsp3) is 0.300. The van der Waals surface area contributed by atoms with E-state index in [1.54, 1.807) is 12.0 Å². The number of para-hydroxylation sites is 1. The fourth-order valence-corrected chi connectivity index (χ4v) is 3.06. The molecule has 0 unspecified atom stereocenters. The van der Waals surface area contributed by atoms with Crippen LogP contribution in [0.5, 0.6) is 5.75 Å². The van der Waals surface area contributed by atoms with Crippen LogP contribution in [0.3, 0.4) is 0 Å². The number of methoxy groups -OCH3 is 1. The van der Waals surface area contributed by atoms with Crippen LogP contribution in [0, 0.1) is 0 Å². The van der Waals surface area contributed by atoms with Crippen molar-refractivity contribution in [1.82, 2.24) is 15.5 Å². The highest BCUT2D eigenvalue weighted by molar-refractivity contribution is 5.84. The van der Waals surface area contributed by atoms with Gasteiger partial charge in [0.25, 0.3) is 0 Å². The van der Waals surface area contributed by atoms with E-state index >= 15 is 0 Å². The zero-order valence-electron chi connectivity index (χ0n) is 14.8. The molecule has 2 aromatic carbocycles. The Morgan fingerprint density at radius 2 is 1.77 bits per heavy atom. The lowest BCUT2D eigenvalue weighted by atomic mass is 10.00. The number of rotatable bonds is 5. The van der Waals surface area contributed by atoms with Crippen LogP contribution in [0.25, 0.3) is 0 Å². The van der Waals surface area contributed by atoms with E-state index in [1.165, 1.54) is 11.1 Å². The van der Waals surface area contributed by atoms with E-state index in [0.717, 1.165) is 17.7 Å². The van der Waals surface area contributed by atoms with Gasteiger partial charge < -0.3 is 20.3 Å². The van der Waals surface area contributed by atoms with Crippen LogP contribution < -0.4 is 15.4 Å². The highest BCUT2D eigenvalue weighted by Gasteiger charge is 2.20. The van der Waals surface area contributed by atoms with Crippen molar-refractivity contribution in [1.29, 1.82) is 0 Å². The average Bonchev–Trinajstić information content (AvgIpc) is 2.70. The minimum absolute atomic E-state index is 0.0140. The summed E-state index contributed by atoms with van der Waals surface area (Å²) in [6.07, 6.45) is 0.849. The van der Waals surface area contributed by atoms with Gasteiger partial charge in [0.15, 0.2) is 0 Å². The second-order valence-corrected chi connectivity index (χ2v) is 6.18. The monoisotopic (exact) mass is 353 g/mol. The number of amides is 3. The number of benzene rings is 2. The Kier molecular flexibility index (Phi) is 5.73. The van der Waals surface area contributed by atoms with Crippen molar-refractivity contribution in [3.8, 4) is 5.75 Å². The summed E-state index contributed by atoms with van der Waals surface area (Å²) in [6, 6.07) is 15.2. The van der Waals surface area contributed by atoms with Gasteiger partial charge in [0, 0.05) is 25.2 Å². The van der Waals surface area contributed by atoms with Crippen LogP contribution >= 0.6 is 0 Å². The summed E-state index contributed by atoms with van der Waals surface area (Å²) in [5.74, 6) is 0.641. The number of hydrogen-bond donors (Lipinski definition) is 2. The molecule has 0 saturated heterocycles. The molecule has 0 fully saturated rings. The number of nitrogens with one attached hydrogen (secondary N) is 2. The number of ether oxygens (including phenoxy) is 1. The van der Waals surface area contributed by atoms with Gasteiger partial charge in [-0.1, -0.05) is 42.5 Å². The summed E-state index contributed by atoms with van der Waals surface area (Å²) in [6.45, 7) is 1.60. The summed E-state index contributed by atoms with van der Waals surface area (Å²) in [7, 11) is 1.59. The maximum absolute atomic E-state index is 12.4. The van der Waals surface area contributed by atoms with Gasteiger partial charge in [-0.2, -0.15) is 0 Å². The van der Waals surface area contributed by atoms with Crippen LogP contribution in [0.15, 0.2) is 48.5 Å². The normalized spacial score (nSPS) is 12.9. The van der Waals surface area contributed by atoms with E-state index < -0.39 is 0 Å². The molecule has 0 saturated carbocycles. The van der Waals surface area contributed by atoms with E-state index in [1.807, 2.05) is 42.5 Å². The first kappa shape index (κ1) is 17.8. The third kappa shape index (κ3) is 4.33. The molecule has 1 heterocycles. The van der Waals surface area contributed by atoms with Gasteiger partial charge in [0.2, 0.25) is 5.91 Å². The molecule has 0 aromatic heterocycles. The Bertz CT molecular complexity index is 791. The zero-order chi connectivity index (χ0) is 18.4. The van der Waals surface area contributed by atoms with Crippen LogP contribution in [0.1, 0.15) is 16.7 Å². The fourth-order valence-electron chi connectivity index (χ4n) is 3.06. The third-order valence-corrected chi connectivity index (χ3v) is 4.52. The van der Waals surface area contributed by atoms with Crippen molar-refractivity contribution in [3.05, 3.63) is 65.2 Å². The van der Waals surface area contributed by atoms with Gasteiger partial charge in [-0.15, -0.1) is 0 Å². The van der Waals surface area contributed by atoms with Gasteiger partial charge in [0.05, 0.1) is 13.7 Å². The van der Waals surface area contributed by atoms with Crippen molar-refractivity contribution >= 4 is 11.9 Å². The minimum atomic E-state index is -0.373. The molecule has 0 radical (unpaired) electrons. The summed E-state index contributed by atoms with van der Waals surface area (Å²) >= 11 is 0. The van der Waals surface area contributed by atoms with Gasteiger partial charge in [-0.3, -0.25) is 4.79 Å². The predicted octanol–water partition coefficient (Wildman–Crippen LogP) is 2.08. The molecule has 26 heavy (non-hydrogen) atoms. The van der Waals surface area contributed by atoms with Crippen LogP contribution in [0.2, 0.25) is 0 Å². The second-order valence-electron chi connectivity index (χ2n) is 6.18. The average molecular weight is 353 g/mol. The molecule has 2 N–H and O–H groups in total. The van der Waals surface area contributed by atoms with Crippen molar-refractivity contribution < 1.29 is 14.3 Å². The number of urea groups is 1. The van der Waals surface area contributed by atoms with E-state index in [0.29, 0.717) is 19.6 Å². The molecular weight excluding hydrogens is 330 g/mol. The lowest BCUT2D eigenvalue weighted by Crippen LogP contribution is -2.45. The SMILES string of the molecule is COc1ccccc1CNC(=O)NCC(=O)N1CCc2ccccc2C1. The molecule has 1 aliphatic rings. The molecule has 3 amide bonds. The molecule has 6 heteroatoms. The molecule has 6 nitrogen and oxygen atoms in total. The third-order valence-electron chi connectivity index (χ3n) is 4.52. The molecule has 2 aromatic rings. The largest absolute Gasteiger partial charge is 0.496 e. The molecule has 3 rings (SSSR count). The summed E-state index contributed by atoms with van der Waals surface area (Å²) < 4.78 is 5.25. The minimum Gasteiger partial charge on any atom is -0.496 e. The topological polar surface area (TPSA) is 70.7 Å². The number of fused-ring (bicyclic) bond motifs is 1. The van der Waals surface area contributed by atoms with Gasteiger partial charge in [-0.25, -0.2) is 4.79 Å². The van der Waals surface area contributed by atoms with Crippen LogP contribution in [-0.2, 0) is 24.3 Å². The van der Waals surface area contributed by atoms with E-state index in [-0.39, 0.29) is 18.5 Å². The first-order valence-corrected chi connectivity index (χ1v) is 8.65. The van der Waals surface area contributed by atoms with Gasteiger partial charge >= 0.3 is 6.03 Å². The van der Waals surface area contributed by atoms with E-state index in [2.05, 4.69) is 16.7 Å². The van der Waals surface area contributed by atoms with Crippen LogP contribution in [-0.4, -0.2) is 37.0 Å². The number of hydrogen-bond acceptors (Lipinski definition) is 3. The maximum Gasteiger partial charge on any atom is 0.315 e. The molecule has 136 valence electrons. The molecule has 0 atom stereocenters. The second kappa shape index (κ2) is 8.38. The van der Waals surface area contributed by atoms with Crippen molar-refractivity contribution in [2.24, 2.45) is 0 Å². The molecule has 0 aliphatic carbocycles. The Morgan fingerprint density at radius 3 is 2.58 bits per heavy atom. The van der Waals surface area contributed by atoms with E-state index in [4.69, 9.17) is 4.74 Å². The highest BCUT2D eigenvalue weighted by atomic mass is 16.5. The number of carbonyl (C=O) groups is 2. The molecule has 1 aliphatic heterocycles. The molecule has 0 bridgehead atoms. The Morgan fingerprint density at radius 1 is 1.04 bits per heavy atom. The smallest absolute Gasteiger partial charge is 0.315 e. The van der Waals surface area contributed by atoms with Crippen molar-refractivity contribution in [2.45, 2.75) is 19.5 Å². The predicted molar refractivity (Wildman–Crippen MR) is 98.8 cm³/mol. The first-order valence-electron chi connectivity index (χ1n) is 8.65. The number of carbonyl (C=O) groups excluding carboxylic acids is 2. The Balaban J connectivity index is 1.45. The number of nitrogens with zero attached hydrogens (tertiary/aromatic N) is 1. The Hall–Kier alpha value is -3.02. The van der Waals surface area contributed by atoms with E-state index in [9.17, 15) is 9.59 Å².